The van der Waals surface area contributed by atoms with Crippen LogP contribution in [0, 0.1) is 6.92 Å². The maximum atomic E-state index is 12.2. The first-order valence-corrected chi connectivity index (χ1v) is 11.4. The summed E-state index contributed by atoms with van der Waals surface area (Å²) < 4.78 is 40.9. The van der Waals surface area contributed by atoms with Gasteiger partial charge in [-0.3, -0.25) is 4.18 Å². The molecule has 4 rings (SSSR count). The standard InChI is InChI=1S/C23H23N3O5S/c1-16-4-8-19(9-5-16)32(27,28)30-13-12-29-18-7-10-21-20(14-18)25-23(31-21)17-6-11-22(24-15-17)26(2)3/h4-11,14-15H,12-13H2,1-3H3. The zero-order chi connectivity index (χ0) is 22.7. The van der Waals surface area contributed by atoms with Crippen LogP contribution in [-0.4, -0.2) is 45.7 Å². The van der Waals surface area contributed by atoms with E-state index in [9.17, 15) is 8.42 Å². The van der Waals surface area contributed by atoms with Crippen molar-refractivity contribution in [1.82, 2.24) is 9.97 Å². The quantitative estimate of drug-likeness (QED) is 0.291. The zero-order valence-electron chi connectivity index (χ0n) is 18.0. The molecule has 2 aromatic carbocycles. The van der Waals surface area contributed by atoms with Gasteiger partial charge in [0.25, 0.3) is 10.1 Å². The van der Waals surface area contributed by atoms with Gasteiger partial charge in [0.05, 0.1) is 10.5 Å². The van der Waals surface area contributed by atoms with Crippen molar-refractivity contribution in [3.05, 3.63) is 66.4 Å². The summed E-state index contributed by atoms with van der Waals surface area (Å²) in [5.41, 5.74) is 2.98. The molecule has 0 bridgehead atoms. The molecule has 0 saturated carbocycles. The first-order valence-electron chi connectivity index (χ1n) is 9.95. The van der Waals surface area contributed by atoms with E-state index in [0.29, 0.717) is 22.7 Å². The number of benzene rings is 2. The highest BCUT2D eigenvalue weighted by atomic mass is 32.2. The number of pyridine rings is 1. The number of hydrogen-bond acceptors (Lipinski definition) is 8. The van der Waals surface area contributed by atoms with Crippen LogP contribution < -0.4 is 9.64 Å². The smallest absolute Gasteiger partial charge is 0.297 e. The molecule has 2 aromatic heterocycles. The molecule has 0 fully saturated rings. The number of aromatic nitrogens is 2. The van der Waals surface area contributed by atoms with E-state index in [1.807, 2.05) is 38.1 Å². The number of ether oxygens (including phenoxy) is 1. The zero-order valence-corrected chi connectivity index (χ0v) is 18.8. The van der Waals surface area contributed by atoms with E-state index in [0.717, 1.165) is 16.9 Å². The minimum Gasteiger partial charge on any atom is -0.491 e. The molecule has 32 heavy (non-hydrogen) atoms. The van der Waals surface area contributed by atoms with Gasteiger partial charge in [0.1, 0.15) is 30.3 Å². The van der Waals surface area contributed by atoms with Crippen molar-refractivity contribution in [3.63, 3.8) is 0 Å². The Morgan fingerprint density at radius 2 is 1.78 bits per heavy atom. The second-order valence-corrected chi connectivity index (χ2v) is 9.00. The summed E-state index contributed by atoms with van der Waals surface area (Å²) in [5, 5.41) is 0. The summed E-state index contributed by atoms with van der Waals surface area (Å²) in [6.07, 6.45) is 1.71. The topological polar surface area (TPSA) is 94.8 Å². The monoisotopic (exact) mass is 453 g/mol. The van der Waals surface area contributed by atoms with Crippen molar-refractivity contribution in [2.24, 2.45) is 0 Å². The third-order valence-corrected chi connectivity index (χ3v) is 6.04. The van der Waals surface area contributed by atoms with Crippen molar-refractivity contribution >= 4 is 27.0 Å². The van der Waals surface area contributed by atoms with Gasteiger partial charge >= 0.3 is 0 Å². The van der Waals surface area contributed by atoms with Crippen molar-refractivity contribution in [3.8, 4) is 17.2 Å². The number of rotatable bonds is 8. The molecule has 0 amide bonds. The number of hydrogen-bond donors (Lipinski definition) is 0. The predicted octanol–water partition coefficient (Wildman–Crippen LogP) is 4.05. The van der Waals surface area contributed by atoms with Crippen LogP contribution in [0.5, 0.6) is 5.75 Å². The van der Waals surface area contributed by atoms with E-state index in [4.69, 9.17) is 13.3 Å². The molecule has 0 aliphatic rings. The van der Waals surface area contributed by atoms with Gasteiger partial charge in [-0.05, 0) is 43.3 Å². The fourth-order valence-corrected chi connectivity index (χ4v) is 3.87. The van der Waals surface area contributed by atoms with Crippen LogP contribution in [-0.2, 0) is 14.3 Å². The summed E-state index contributed by atoms with van der Waals surface area (Å²) in [6.45, 7) is 1.84. The number of oxazole rings is 1. The van der Waals surface area contributed by atoms with Crippen molar-refractivity contribution < 1.29 is 21.8 Å². The van der Waals surface area contributed by atoms with E-state index in [1.54, 1.807) is 36.5 Å². The average molecular weight is 454 g/mol. The van der Waals surface area contributed by atoms with E-state index in [-0.39, 0.29) is 18.1 Å². The normalized spacial score (nSPS) is 11.6. The molecule has 0 unspecified atom stereocenters. The van der Waals surface area contributed by atoms with Crippen LogP contribution in [0.2, 0.25) is 0 Å². The molecule has 0 saturated heterocycles. The molecule has 0 spiro atoms. The lowest BCUT2D eigenvalue weighted by atomic mass is 10.2. The van der Waals surface area contributed by atoms with Gasteiger partial charge in [0.15, 0.2) is 5.58 Å². The molecular formula is C23H23N3O5S. The van der Waals surface area contributed by atoms with Crippen LogP contribution in [0.4, 0.5) is 5.82 Å². The molecule has 0 atom stereocenters. The van der Waals surface area contributed by atoms with Crippen LogP contribution in [0.15, 0.2) is 70.1 Å². The Morgan fingerprint density at radius 3 is 2.47 bits per heavy atom. The van der Waals surface area contributed by atoms with Gasteiger partial charge in [-0.1, -0.05) is 17.7 Å². The van der Waals surface area contributed by atoms with Crippen molar-refractivity contribution in [2.75, 3.05) is 32.2 Å². The Labute approximate surface area is 186 Å². The van der Waals surface area contributed by atoms with Gasteiger partial charge in [-0.2, -0.15) is 8.42 Å². The number of fused-ring (bicyclic) bond motifs is 1. The third kappa shape index (κ3) is 4.90. The van der Waals surface area contributed by atoms with Gasteiger partial charge < -0.3 is 14.1 Å². The molecule has 0 aliphatic carbocycles. The first kappa shape index (κ1) is 21.8. The molecule has 4 aromatic rings. The predicted molar refractivity (Wildman–Crippen MR) is 121 cm³/mol. The summed E-state index contributed by atoms with van der Waals surface area (Å²) in [6, 6.07) is 15.5. The summed E-state index contributed by atoms with van der Waals surface area (Å²) >= 11 is 0. The molecule has 0 radical (unpaired) electrons. The Hall–Kier alpha value is -3.43. The number of anilines is 1. The Morgan fingerprint density at radius 1 is 1.00 bits per heavy atom. The number of aryl methyl sites for hydroxylation is 1. The van der Waals surface area contributed by atoms with Gasteiger partial charge in [0.2, 0.25) is 5.89 Å². The van der Waals surface area contributed by atoms with Crippen LogP contribution in [0.3, 0.4) is 0 Å². The minimum atomic E-state index is -3.82. The fourth-order valence-electron chi connectivity index (χ4n) is 2.97. The largest absolute Gasteiger partial charge is 0.491 e. The molecule has 9 heteroatoms. The first-order chi connectivity index (χ1) is 15.3. The molecule has 166 valence electrons. The van der Waals surface area contributed by atoms with Gasteiger partial charge in [-0.15, -0.1) is 0 Å². The second kappa shape index (κ2) is 8.97. The van der Waals surface area contributed by atoms with E-state index < -0.39 is 10.1 Å². The Bertz CT molecular complexity index is 1310. The lowest BCUT2D eigenvalue weighted by molar-refractivity contribution is 0.221. The number of nitrogens with zero attached hydrogens (tertiary/aromatic N) is 3. The fraction of sp³-hybridized carbons (Fsp3) is 0.217. The summed E-state index contributed by atoms with van der Waals surface area (Å²) in [5.74, 6) is 1.84. The van der Waals surface area contributed by atoms with Crippen molar-refractivity contribution in [1.29, 1.82) is 0 Å². The molecule has 2 heterocycles. The van der Waals surface area contributed by atoms with Gasteiger partial charge in [0, 0.05) is 26.4 Å². The van der Waals surface area contributed by atoms with E-state index in [2.05, 4.69) is 9.97 Å². The van der Waals surface area contributed by atoms with E-state index >= 15 is 0 Å². The van der Waals surface area contributed by atoms with Gasteiger partial charge in [-0.25, -0.2) is 9.97 Å². The maximum Gasteiger partial charge on any atom is 0.297 e. The molecular weight excluding hydrogens is 430 g/mol. The highest BCUT2D eigenvalue weighted by Crippen LogP contribution is 2.27. The van der Waals surface area contributed by atoms with Crippen LogP contribution in [0.25, 0.3) is 22.6 Å². The lowest BCUT2D eigenvalue weighted by Gasteiger charge is -2.10. The minimum absolute atomic E-state index is 0.0667. The second-order valence-electron chi connectivity index (χ2n) is 7.39. The SMILES string of the molecule is Cc1ccc(S(=O)(=O)OCCOc2ccc3oc(-c4ccc(N(C)C)nc4)nc3c2)cc1. The van der Waals surface area contributed by atoms with Crippen LogP contribution >= 0.6 is 0 Å². The molecule has 8 nitrogen and oxygen atoms in total. The highest BCUT2D eigenvalue weighted by Gasteiger charge is 2.15. The Kier molecular flexibility index (Phi) is 6.11. The summed E-state index contributed by atoms with van der Waals surface area (Å²) in [4.78, 5) is 10.9. The van der Waals surface area contributed by atoms with Crippen LogP contribution in [0.1, 0.15) is 5.56 Å². The molecule has 0 N–H and O–H groups in total. The summed E-state index contributed by atoms with van der Waals surface area (Å²) in [7, 11) is 0.0268. The average Bonchev–Trinajstić information content (AvgIpc) is 3.20. The van der Waals surface area contributed by atoms with E-state index in [1.165, 1.54) is 12.1 Å². The Balaban J connectivity index is 1.38. The molecule has 0 aliphatic heterocycles. The highest BCUT2D eigenvalue weighted by molar-refractivity contribution is 7.86. The maximum absolute atomic E-state index is 12.2. The van der Waals surface area contributed by atoms with Crippen molar-refractivity contribution in [2.45, 2.75) is 11.8 Å². The lowest BCUT2D eigenvalue weighted by Crippen LogP contribution is -2.13. The third-order valence-electron chi connectivity index (χ3n) is 4.71.